The highest BCUT2D eigenvalue weighted by atomic mass is 32.2. The highest BCUT2D eigenvalue weighted by Crippen LogP contribution is 2.00. The first-order valence-corrected chi connectivity index (χ1v) is 5.70. The van der Waals surface area contributed by atoms with Crippen LogP contribution in [0.15, 0.2) is 0 Å². The number of rotatable bonds is 5. The molecule has 0 unspecified atom stereocenters. The molecule has 0 amide bonds. The molecule has 1 aliphatic rings. The topological polar surface area (TPSA) is 35.5 Å². The van der Waals surface area contributed by atoms with E-state index in [1.165, 1.54) is 19.6 Å². The molecule has 0 aromatic carbocycles. The first-order valence-electron chi connectivity index (χ1n) is 4.55. The van der Waals surface area contributed by atoms with Gasteiger partial charge >= 0.3 is 0 Å². The van der Waals surface area contributed by atoms with E-state index in [1.807, 2.05) is 11.8 Å². The van der Waals surface area contributed by atoms with E-state index in [9.17, 15) is 0 Å². The van der Waals surface area contributed by atoms with Gasteiger partial charge in [-0.1, -0.05) is 0 Å². The quantitative estimate of drug-likeness (QED) is 0.579. The first kappa shape index (κ1) is 10.3. The number of hydrogen-bond acceptors (Lipinski definition) is 4. The highest BCUT2D eigenvalue weighted by Gasteiger charge is 2.07. The molecule has 0 bridgehead atoms. The van der Waals surface area contributed by atoms with E-state index < -0.39 is 0 Å². The maximum absolute atomic E-state index is 8.56. The molecule has 1 heterocycles. The van der Waals surface area contributed by atoms with Gasteiger partial charge in [0.15, 0.2) is 0 Å². The van der Waals surface area contributed by atoms with Crippen molar-refractivity contribution in [1.29, 1.82) is 0 Å². The summed E-state index contributed by atoms with van der Waals surface area (Å²) in [5.41, 5.74) is 0. The van der Waals surface area contributed by atoms with Gasteiger partial charge in [0.25, 0.3) is 0 Å². The summed E-state index contributed by atoms with van der Waals surface area (Å²) >= 11 is 1.83. The smallest absolute Gasteiger partial charge is 0.0521 e. The SMILES string of the molecule is OCCSCCN1CCNCC1. The molecule has 0 atom stereocenters. The number of nitrogens with one attached hydrogen (secondary N) is 1. The molecule has 0 aromatic rings. The third-order valence-electron chi connectivity index (χ3n) is 2.00. The van der Waals surface area contributed by atoms with Gasteiger partial charge in [0.2, 0.25) is 0 Å². The maximum atomic E-state index is 8.56. The summed E-state index contributed by atoms with van der Waals surface area (Å²) in [4.78, 5) is 2.47. The van der Waals surface area contributed by atoms with E-state index in [1.54, 1.807) is 0 Å². The van der Waals surface area contributed by atoms with Crippen LogP contribution < -0.4 is 5.32 Å². The fraction of sp³-hybridized carbons (Fsp3) is 1.00. The number of aliphatic hydroxyl groups is 1. The summed E-state index contributed by atoms with van der Waals surface area (Å²) < 4.78 is 0. The number of piperazine rings is 1. The monoisotopic (exact) mass is 190 g/mol. The zero-order valence-electron chi connectivity index (χ0n) is 7.46. The van der Waals surface area contributed by atoms with E-state index in [0.29, 0.717) is 6.61 Å². The third-order valence-corrected chi connectivity index (χ3v) is 2.94. The van der Waals surface area contributed by atoms with Gasteiger partial charge in [-0.15, -0.1) is 0 Å². The Morgan fingerprint density at radius 2 is 2.00 bits per heavy atom. The lowest BCUT2D eigenvalue weighted by Crippen LogP contribution is -2.44. The minimum atomic E-state index is 0.312. The van der Waals surface area contributed by atoms with E-state index in [2.05, 4.69) is 10.2 Å². The lowest BCUT2D eigenvalue weighted by atomic mass is 10.4. The molecule has 0 radical (unpaired) electrons. The minimum Gasteiger partial charge on any atom is -0.396 e. The summed E-state index contributed by atoms with van der Waals surface area (Å²) in [7, 11) is 0. The third kappa shape index (κ3) is 4.30. The fourth-order valence-corrected chi connectivity index (χ4v) is 2.02. The van der Waals surface area contributed by atoms with Gasteiger partial charge in [-0.3, -0.25) is 4.90 Å². The molecule has 2 N–H and O–H groups in total. The van der Waals surface area contributed by atoms with Crippen LogP contribution >= 0.6 is 11.8 Å². The molecule has 0 aromatic heterocycles. The molecule has 3 nitrogen and oxygen atoms in total. The normalized spacial score (nSPS) is 19.8. The summed E-state index contributed by atoms with van der Waals surface area (Å²) in [5.74, 6) is 2.03. The van der Waals surface area contributed by atoms with Crippen molar-refractivity contribution in [3.05, 3.63) is 0 Å². The second-order valence-electron chi connectivity index (χ2n) is 2.93. The predicted molar refractivity (Wildman–Crippen MR) is 53.7 cm³/mol. The number of aliphatic hydroxyl groups excluding tert-OH is 1. The van der Waals surface area contributed by atoms with Gasteiger partial charge in [-0.25, -0.2) is 0 Å². The highest BCUT2D eigenvalue weighted by molar-refractivity contribution is 7.99. The summed E-state index contributed by atoms with van der Waals surface area (Å²) in [6.45, 7) is 6.10. The van der Waals surface area contributed by atoms with Crippen LogP contribution in [0.25, 0.3) is 0 Å². The van der Waals surface area contributed by atoms with Crippen molar-refractivity contribution in [3.8, 4) is 0 Å². The van der Waals surface area contributed by atoms with Crippen LogP contribution in [0.1, 0.15) is 0 Å². The summed E-state index contributed by atoms with van der Waals surface area (Å²) in [6, 6.07) is 0. The van der Waals surface area contributed by atoms with Crippen LogP contribution in [0.5, 0.6) is 0 Å². The number of nitrogens with zero attached hydrogens (tertiary/aromatic N) is 1. The van der Waals surface area contributed by atoms with Crippen LogP contribution in [-0.4, -0.2) is 60.8 Å². The standard InChI is InChI=1S/C8H18N2OS/c11-6-8-12-7-5-10-3-1-9-2-4-10/h9,11H,1-8H2. The average molecular weight is 190 g/mol. The Labute approximate surface area is 78.5 Å². The van der Waals surface area contributed by atoms with Crippen LogP contribution in [0, 0.1) is 0 Å². The Balaban J connectivity index is 1.91. The van der Waals surface area contributed by atoms with E-state index in [0.717, 1.165) is 24.6 Å². The molecule has 0 spiro atoms. The lowest BCUT2D eigenvalue weighted by molar-refractivity contribution is 0.255. The largest absolute Gasteiger partial charge is 0.396 e. The van der Waals surface area contributed by atoms with Crippen molar-refractivity contribution in [2.24, 2.45) is 0 Å². The van der Waals surface area contributed by atoms with Crippen molar-refractivity contribution in [1.82, 2.24) is 10.2 Å². The minimum absolute atomic E-state index is 0.312. The van der Waals surface area contributed by atoms with Gasteiger partial charge in [0.05, 0.1) is 6.61 Å². The Morgan fingerprint density at radius 3 is 2.67 bits per heavy atom. The Morgan fingerprint density at radius 1 is 1.25 bits per heavy atom. The molecule has 1 saturated heterocycles. The van der Waals surface area contributed by atoms with Crippen LogP contribution in [-0.2, 0) is 0 Å². The van der Waals surface area contributed by atoms with Gasteiger partial charge in [0, 0.05) is 44.2 Å². The Kier molecular flexibility index (Phi) is 5.77. The van der Waals surface area contributed by atoms with E-state index in [-0.39, 0.29) is 0 Å². The second kappa shape index (κ2) is 6.71. The zero-order valence-corrected chi connectivity index (χ0v) is 8.28. The van der Waals surface area contributed by atoms with E-state index in [4.69, 9.17) is 5.11 Å². The van der Waals surface area contributed by atoms with Gasteiger partial charge in [-0.05, 0) is 0 Å². The van der Waals surface area contributed by atoms with Crippen LogP contribution in [0.4, 0.5) is 0 Å². The molecular formula is C8H18N2OS. The summed E-state index contributed by atoms with van der Waals surface area (Å²) in [5, 5.41) is 11.9. The molecule has 1 aliphatic heterocycles. The van der Waals surface area contributed by atoms with Crippen LogP contribution in [0.2, 0.25) is 0 Å². The van der Waals surface area contributed by atoms with Crippen molar-refractivity contribution in [2.45, 2.75) is 0 Å². The molecule has 12 heavy (non-hydrogen) atoms. The average Bonchev–Trinajstić information content (AvgIpc) is 2.14. The van der Waals surface area contributed by atoms with E-state index >= 15 is 0 Å². The molecule has 1 rings (SSSR count). The van der Waals surface area contributed by atoms with Gasteiger partial charge in [0.1, 0.15) is 0 Å². The maximum Gasteiger partial charge on any atom is 0.0521 e. The number of thioether (sulfide) groups is 1. The van der Waals surface area contributed by atoms with Gasteiger partial charge < -0.3 is 10.4 Å². The van der Waals surface area contributed by atoms with Crippen molar-refractivity contribution < 1.29 is 5.11 Å². The fourth-order valence-electron chi connectivity index (χ4n) is 1.30. The second-order valence-corrected chi connectivity index (χ2v) is 4.15. The van der Waals surface area contributed by atoms with Crippen molar-refractivity contribution >= 4 is 11.8 Å². The molecule has 72 valence electrons. The van der Waals surface area contributed by atoms with Gasteiger partial charge in [-0.2, -0.15) is 11.8 Å². The Bertz CT molecular complexity index is 107. The molecule has 1 fully saturated rings. The first-order chi connectivity index (χ1) is 5.93. The molecular weight excluding hydrogens is 172 g/mol. The van der Waals surface area contributed by atoms with Crippen molar-refractivity contribution in [2.75, 3.05) is 50.8 Å². The molecule has 4 heteroatoms. The number of hydrogen-bond donors (Lipinski definition) is 2. The molecule has 0 aliphatic carbocycles. The van der Waals surface area contributed by atoms with Crippen molar-refractivity contribution in [3.63, 3.8) is 0 Å². The summed E-state index contributed by atoms with van der Waals surface area (Å²) in [6.07, 6.45) is 0. The predicted octanol–water partition coefficient (Wildman–Crippen LogP) is -0.383. The zero-order chi connectivity index (χ0) is 8.65. The lowest BCUT2D eigenvalue weighted by Gasteiger charge is -2.26. The van der Waals surface area contributed by atoms with Crippen LogP contribution in [0.3, 0.4) is 0 Å². The Hall–Kier alpha value is 0.230. The molecule has 0 saturated carbocycles.